The van der Waals surface area contributed by atoms with Crippen LogP contribution in [0.5, 0.6) is 0 Å². The number of nitriles is 1. The van der Waals surface area contributed by atoms with Gasteiger partial charge in [0.2, 0.25) is 5.95 Å². The van der Waals surface area contributed by atoms with Gasteiger partial charge in [-0.2, -0.15) is 10.2 Å². The lowest BCUT2D eigenvalue weighted by Gasteiger charge is -2.42. The van der Waals surface area contributed by atoms with Crippen molar-refractivity contribution in [3.8, 4) is 6.07 Å². The number of nitrogens with one attached hydrogen (secondary N) is 1. The van der Waals surface area contributed by atoms with Gasteiger partial charge in [-0.15, -0.1) is 0 Å². The number of halogens is 3. The van der Waals surface area contributed by atoms with Crippen LogP contribution in [-0.2, 0) is 17.0 Å². The highest BCUT2D eigenvalue weighted by atomic mass is 79.9. The minimum absolute atomic E-state index is 0.0864. The molecule has 1 aliphatic heterocycles. The SMILES string of the molecule is C[Si](C)(C)CCOCn1cc(Br)c2c(C#N)nc(N3CCC(NC(=O)O)(c4ccc(F)cc4F)CC3)nc21. The minimum atomic E-state index is -1.30. The Kier molecular flexibility index (Phi) is 8.05. The van der Waals surface area contributed by atoms with Gasteiger partial charge in [-0.25, -0.2) is 18.6 Å². The minimum Gasteiger partial charge on any atom is -0.465 e. The molecule has 0 saturated carbocycles. The first-order chi connectivity index (χ1) is 17.9. The third-order valence-electron chi connectivity index (χ3n) is 6.68. The van der Waals surface area contributed by atoms with E-state index in [1.807, 2.05) is 15.7 Å². The molecule has 0 radical (unpaired) electrons. The number of carbonyl (C=O) groups is 1. The maximum atomic E-state index is 14.7. The van der Waals surface area contributed by atoms with Crippen LogP contribution in [0.25, 0.3) is 11.0 Å². The molecule has 13 heteroatoms. The molecule has 1 aromatic carbocycles. The Morgan fingerprint density at radius 3 is 2.61 bits per heavy atom. The highest BCUT2D eigenvalue weighted by molar-refractivity contribution is 9.10. The Labute approximate surface area is 228 Å². The monoisotopic (exact) mass is 606 g/mol. The summed E-state index contributed by atoms with van der Waals surface area (Å²) in [7, 11) is -1.25. The summed E-state index contributed by atoms with van der Waals surface area (Å²) in [6.07, 6.45) is 0.891. The van der Waals surface area contributed by atoms with Crippen LogP contribution in [0, 0.1) is 23.0 Å². The smallest absolute Gasteiger partial charge is 0.405 e. The lowest BCUT2D eigenvalue weighted by molar-refractivity contribution is 0.0898. The molecule has 3 aromatic rings. The third-order valence-corrected chi connectivity index (χ3v) is 8.99. The van der Waals surface area contributed by atoms with Crippen molar-refractivity contribution < 1.29 is 23.4 Å². The molecular formula is C25H29BrF2N6O3Si. The van der Waals surface area contributed by atoms with E-state index in [9.17, 15) is 23.9 Å². The number of rotatable bonds is 8. The first kappa shape index (κ1) is 27.9. The normalized spacial score (nSPS) is 15.4. The Bertz CT molecular complexity index is 1400. The van der Waals surface area contributed by atoms with Crippen LogP contribution < -0.4 is 10.2 Å². The fourth-order valence-electron chi connectivity index (χ4n) is 4.62. The van der Waals surface area contributed by atoms with Crippen LogP contribution in [0.4, 0.5) is 19.5 Å². The van der Waals surface area contributed by atoms with Gasteiger partial charge in [0.15, 0.2) is 5.69 Å². The molecule has 0 atom stereocenters. The van der Waals surface area contributed by atoms with E-state index < -0.39 is 31.3 Å². The number of benzene rings is 1. The Balaban J connectivity index is 1.61. The van der Waals surface area contributed by atoms with Crippen molar-refractivity contribution in [2.24, 2.45) is 0 Å². The molecule has 1 aliphatic rings. The van der Waals surface area contributed by atoms with Crippen molar-refractivity contribution in [1.29, 1.82) is 5.26 Å². The molecule has 1 fully saturated rings. The number of anilines is 1. The molecule has 2 N–H and O–H groups in total. The van der Waals surface area contributed by atoms with E-state index in [2.05, 4.69) is 51.9 Å². The van der Waals surface area contributed by atoms with Crippen LogP contribution in [0.2, 0.25) is 25.7 Å². The second kappa shape index (κ2) is 11.0. The Hall–Kier alpha value is -3.08. The van der Waals surface area contributed by atoms with Crippen molar-refractivity contribution >= 4 is 47.1 Å². The van der Waals surface area contributed by atoms with E-state index in [0.29, 0.717) is 28.1 Å². The van der Waals surface area contributed by atoms with E-state index in [1.165, 1.54) is 6.07 Å². The number of nitrogens with zero attached hydrogens (tertiary/aromatic N) is 5. The molecule has 0 spiro atoms. The fourth-order valence-corrected chi connectivity index (χ4v) is 5.99. The van der Waals surface area contributed by atoms with Gasteiger partial charge in [-0.05, 0) is 40.9 Å². The lowest BCUT2D eigenvalue weighted by atomic mass is 9.80. The lowest BCUT2D eigenvalue weighted by Crippen LogP contribution is -2.53. The van der Waals surface area contributed by atoms with Gasteiger partial charge >= 0.3 is 6.09 Å². The summed E-state index contributed by atoms with van der Waals surface area (Å²) in [5.74, 6) is -1.24. The topological polar surface area (TPSA) is 116 Å². The van der Waals surface area contributed by atoms with Crippen molar-refractivity contribution in [3.63, 3.8) is 0 Å². The number of aromatic nitrogens is 3. The first-order valence-corrected chi connectivity index (χ1v) is 16.7. The average Bonchev–Trinajstić information content (AvgIpc) is 3.16. The summed E-state index contributed by atoms with van der Waals surface area (Å²) >= 11 is 3.51. The Morgan fingerprint density at radius 2 is 2.00 bits per heavy atom. The van der Waals surface area contributed by atoms with Gasteiger partial charge < -0.3 is 24.6 Å². The molecule has 4 rings (SSSR count). The zero-order valence-electron chi connectivity index (χ0n) is 21.4. The summed E-state index contributed by atoms with van der Waals surface area (Å²) < 4.78 is 36.6. The van der Waals surface area contributed by atoms with E-state index in [4.69, 9.17) is 9.72 Å². The molecule has 1 saturated heterocycles. The number of carboxylic acid groups (broad SMARTS) is 1. The van der Waals surface area contributed by atoms with Gasteiger partial charge in [-0.1, -0.05) is 25.7 Å². The van der Waals surface area contributed by atoms with Gasteiger partial charge in [0.25, 0.3) is 0 Å². The third kappa shape index (κ3) is 5.97. The van der Waals surface area contributed by atoms with E-state index in [1.54, 1.807) is 0 Å². The van der Waals surface area contributed by atoms with Crippen LogP contribution in [0.1, 0.15) is 24.1 Å². The number of fused-ring (bicyclic) bond motifs is 1. The number of ether oxygens (including phenoxy) is 1. The highest BCUT2D eigenvalue weighted by Gasteiger charge is 2.40. The van der Waals surface area contributed by atoms with E-state index in [0.717, 1.165) is 18.2 Å². The molecule has 0 aliphatic carbocycles. The zero-order valence-corrected chi connectivity index (χ0v) is 24.0. The summed E-state index contributed by atoms with van der Waals surface area (Å²) in [5, 5.41) is 22.3. The molecule has 38 heavy (non-hydrogen) atoms. The van der Waals surface area contributed by atoms with Crippen molar-refractivity contribution in [2.75, 3.05) is 24.6 Å². The summed E-state index contributed by atoms with van der Waals surface area (Å²) in [5.41, 5.74) is -0.418. The molecule has 1 amide bonds. The second-order valence-electron chi connectivity index (χ2n) is 10.6. The number of amides is 1. The second-order valence-corrected chi connectivity index (χ2v) is 17.1. The maximum Gasteiger partial charge on any atom is 0.405 e. The van der Waals surface area contributed by atoms with E-state index in [-0.39, 0.29) is 43.9 Å². The molecule has 0 unspecified atom stereocenters. The van der Waals surface area contributed by atoms with Crippen LogP contribution >= 0.6 is 15.9 Å². The average molecular weight is 608 g/mol. The largest absolute Gasteiger partial charge is 0.465 e. The molecular weight excluding hydrogens is 578 g/mol. The molecule has 9 nitrogen and oxygen atoms in total. The van der Waals surface area contributed by atoms with Gasteiger partial charge in [0.05, 0.1) is 10.9 Å². The Morgan fingerprint density at radius 1 is 1.29 bits per heavy atom. The molecule has 0 bridgehead atoms. The highest BCUT2D eigenvalue weighted by Crippen LogP contribution is 2.37. The van der Waals surface area contributed by atoms with Crippen molar-refractivity contribution in [3.05, 3.63) is 51.8 Å². The summed E-state index contributed by atoms with van der Waals surface area (Å²) in [4.78, 5) is 22.6. The predicted molar refractivity (Wildman–Crippen MR) is 145 cm³/mol. The van der Waals surface area contributed by atoms with Gasteiger partial charge in [-0.3, -0.25) is 0 Å². The quantitative estimate of drug-likeness (QED) is 0.260. The van der Waals surface area contributed by atoms with Crippen LogP contribution in [0.15, 0.2) is 28.9 Å². The maximum absolute atomic E-state index is 14.7. The van der Waals surface area contributed by atoms with E-state index >= 15 is 0 Å². The van der Waals surface area contributed by atoms with Crippen molar-refractivity contribution in [2.45, 2.75) is 50.8 Å². The van der Waals surface area contributed by atoms with Gasteiger partial charge in [0, 0.05) is 50.1 Å². The molecule has 202 valence electrons. The van der Waals surface area contributed by atoms with Crippen LogP contribution in [-0.4, -0.2) is 53.5 Å². The molecule has 3 heterocycles. The number of hydrogen-bond acceptors (Lipinski definition) is 6. The van der Waals surface area contributed by atoms with Crippen molar-refractivity contribution in [1.82, 2.24) is 19.9 Å². The fraction of sp³-hybridized carbons (Fsp3) is 0.440. The molecule has 2 aromatic heterocycles. The number of hydrogen-bond donors (Lipinski definition) is 2. The summed E-state index contributed by atoms with van der Waals surface area (Å²) in [6, 6.07) is 6.30. The predicted octanol–water partition coefficient (Wildman–Crippen LogP) is 5.42. The van der Waals surface area contributed by atoms with Crippen LogP contribution in [0.3, 0.4) is 0 Å². The summed E-state index contributed by atoms with van der Waals surface area (Å²) in [6.45, 7) is 8.29. The zero-order chi connectivity index (χ0) is 27.7. The van der Waals surface area contributed by atoms with Gasteiger partial charge in [0.1, 0.15) is 30.1 Å². The standard InChI is InChI=1S/C25H29BrF2N6O3Si/c1-38(2,3)11-10-37-15-34-14-18(26)21-20(13-29)30-23(31-22(21)34)33-8-6-25(7-9-33,32-24(35)36)17-5-4-16(27)12-19(17)28/h4-5,12,14,32H,6-11,15H2,1-3H3,(H,35,36). The first-order valence-electron chi connectivity index (χ1n) is 12.2. The number of piperidine rings is 1.